The first-order valence-electron chi connectivity index (χ1n) is 6.98. The summed E-state index contributed by atoms with van der Waals surface area (Å²) >= 11 is 0. The molecule has 1 aliphatic carbocycles. The topological polar surface area (TPSA) is 45.0 Å². The van der Waals surface area contributed by atoms with Crippen LogP contribution in [0.4, 0.5) is 18.9 Å². The highest BCUT2D eigenvalue weighted by Crippen LogP contribution is 2.40. The Balaban J connectivity index is 1.78. The van der Waals surface area contributed by atoms with E-state index in [0.29, 0.717) is 18.2 Å². The first kappa shape index (κ1) is 14.2. The van der Waals surface area contributed by atoms with Crippen LogP contribution in [0.15, 0.2) is 18.2 Å². The van der Waals surface area contributed by atoms with Crippen molar-refractivity contribution in [3.05, 3.63) is 29.3 Å². The molecule has 1 saturated heterocycles. The van der Waals surface area contributed by atoms with Crippen molar-refractivity contribution in [3.63, 3.8) is 0 Å². The van der Waals surface area contributed by atoms with Gasteiger partial charge < -0.3 is 10.1 Å². The summed E-state index contributed by atoms with van der Waals surface area (Å²) in [5.41, 5.74) is -0.702. The van der Waals surface area contributed by atoms with Gasteiger partial charge in [-0.05, 0) is 43.4 Å². The van der Waals surface area contributed by atoms with Crippen LogP contribution in [0.3, 0.4) is 0 Å². The first-order valence-corrected chi connectivity index (χ1v) is 6.98. The van der Waals surface area contributed by atoms with Crippen LogP contribution in [-0.2, 0) is 10.9 Å². The van der Waals surface area contributed by atoms with Crippen LogP contribution in [0.25, 0.3) is 0 Å². The average Bonchev–Trinajstić information content (AvgIpc) is 3.18. The van der Waals surface area contributed by atoms with Crippen LogP contribution in [0.1, 0.15) is 30.4 Å². The molecule has 112 valence electrons. The number of halogens is 3. The Kier molecular flexibility index (Phi) is 3.54. The van der Waals surface area contributed by atoms with E-state index < -0.39 is 11.7 Å². The molecule has 0 bridgehead atoms. The molecule has 3 nitrogen and oxygen atoms in total. The number of alkyl halides is 3. The number of ether oxygens (including phenoxy) is 1. The molecule has 3 rings (SSSR count). The largest absolute Gasteiger partial charge is 0.417 e. The molecule has 2 aliphatic rings. The van der Waals surface area contributed by atoms with Crippen molar-refractivity contribution in [1.29, 1.82) is 5.26 Å². The molecule has 1 N–H and O–H groups in total. The zero-order valence-electron chi connectivity index (χ0n) is 11.3. The lowest BCUT2D eigenvalue weighted by Crippen LogP contribution is -2.31. The first-order chi connectivity index (χ1) is 9.99. The van der Waals surface area contributed by atoms with E-state index in [2.05, 4.69) is 5.32 Å². The molecule has 1 aliphatic heterocycles. The second-order valence-corrected chi connectivity index (χ2v) is 5.58. The van der Waals surface area contributed by atoms with Crippen molar-refractivity contribution in [2.75, 3.05) is 11.9 Å². The predicted octanol–water partition coefficient (Wildman–Crippen LogP) is 3.56. The van der Waals surface area contributed by atoms with Gasteiger partial charge in [-0.2, -0.15) is 18.4 Å². The van der Waals surface area contributed by atoms with Gasteiger partial charge in [0, 0.05) is 12.3 Å². The summed E-state index contributed by atoms with van der Waals surface area (Å²) in [6.45, 7) is 0.671. The van der Waals surface area contributed by atoms with E-state index in [4.69, 9.17) is 10.00 Å². The number of benzene rings is 1. The van der Waals surface area contributed by atoms with Gasteiger partial charge in [0.25, 0.3) is 0 Å². The van der Waals surface area contributed by atoms with Crippen molar-refractivity contribution in [3.8, 4) is 6.07 Å². The third-order valence-electron chi connectivity index (χ3n) is 4.02. The molecule has 0 amide bonds. The van der Waals surface area contributed by atoms with Gasteiger partial charge in [-0.25, -0.2) is 0 Å². The molecule has 2 atom stereocenters. The maximum Gasteiger partial charge on any atom is 0.417 e. The maximum absolute atomic E-state index is 12.8. The molecule has 0 radical (unpaired) electrons. The van der Waals surface area contributed by atoms with E-state index >= 15 is 0 Å². The van der Waals surface area contributed by atoms with Crippen LogP contribution in [-0.4, -0.2) is 18.8 Å². The molecule has 2 fully saturated rings. The van der Waals surface area contributed by atoms with Gasteiger partial charge in [-0.15, -0.1) is 0 Å². The number of hydrogen-bond acceptors (Lipinski definition) is 3. The molecule has 1 aromatic rings. The minimum absolute atomic E-state index is 0.112. The lowest BCUT2D eigenvalue weighted by atomic mass is 10.0. The Labute approximate surface area is 120 Å². The molecular weight excluding hydrogens is 281 g/mol. The number of nitrogens with zero attached hydrogens (tertiary/aromatic N) is 1. The van der Waals surface area contributed by atoms with Crippen molar-refractivity contribution in [1.82, 2.24) is 0 Å². The monoisotopic (exact) mass is 296 g/mol. The third kappa shape index (κ3) is 2.98. The van der Waals surface area contributed by atoms with Crippen LogP contribution in [0.2, 0.25) is 0 Å². The molecule has 1 saturated carbocycles. The summed E-state index contributed by atoms with van der Waals surface area (Å²) in [6.07, 6.45) is -1.22. The summed E-state index contributed by atoms with van der Waals surface area (Å²) < 4.78 is 44.0. The minimum Gasteiger partial charge on any atom is -0.380 e. The quantitative estimate of drug-likeness (QED) is 0.927. The van der Waals surface area contributed by atoms with Crippen LogP contribution >= 0.6 is 0 Å². The molecule has 1 aromatic carbocycles. The number of rotatable bonds is 3. The standard InChI is InChI=1S/C15H15F3N2O/c16-15(17,18)12-4-3-11(7-10(12)8-19)20-13-5-6-21-14(13)9-1-2-9/h3-4,7,9,13-14,20H,1-2,5-6H2. The van der Waals surface area contributed by atoms with E-state index in [1.807, 2.05) is 0 Å². The fraction of sp³-hybridized carbons (Fsp3) is 0.533. The van der Waals surface area contributed by atoms with Gasteiger partial charge in [0.05, 0.1) is 29.3 Å². The zero-order valence-corrected chi connectivity index (χ0v) is 11.3. The van der Waals surface area contributed by atoms with Gasteiger partial charge in [0.1, 0.15) is 0 Å². The van der Waals surface area contributed by atoms with Crippen molar-refractivity contribution in [2.24, 2.45) is 5.92 Å². The average molecular weight is 296 g/mol. The fourth-order valence-corrected chi connectivity index (χ4v) is 2.84. The van der Waals surface area contributed by atoms with Crippen molar-refractivity contribution < 1.29 is 17.9 Å². The summed E-state index contributed by atoms with van der Waals surface area (Å²) in [5, 5.41) is 12.1. The maximum atomic E-state index is 12.8. The Morgan fingerprint density at radius 1 is 1.24 bits per heavy atom. The SMILES string of the molecule is N#Cc1cc(NC2CCOC2C2CC2)ccc1C(F)(F)F. The minimum atomic E-state index is -4.50. The van der Waals surface area contributed by atoms with Crippen LogP contribution in [0.5, 0.6) is 0 Å². The van der Waals surface area contributed by atoms with Gasteiger partial charge in [-0.3, -0.25) is 0 Å². The summed E-state index contributed by atoms with van der Waals surface area (Å²) in [5.74, 6) is 0.565. The number of anilines is 1. The normalized spacial score (nSPS) is 25.6. The highest BCUT2D eigenvalue weighted by Gasteiger charge is 2.40. The van der Waals surface area contributed by atoms with E-state index in [1.165, 1.54) is 12.1 Å². The molecule has 1 heterocycles. The van der Waals surface area contributed by atoms with Crippen molar-refractivity contribution >= 4 is 5.69 Å². The lowest BCUT2D eigenvalue weighted by Gasteiger charge is -2.21. The Morgan fingerprint density at radius 3 is 2.62 bits per heavy atom. The Morgan fingerprint density at radius 2 is 2.00 bits per heavy atom. The Bertz CT molecular complexity index is 575. The third-order valence-corrected chi connectivity index (χ3v) is 4.02. The lowest BCUT2D eigenvalue weighted by molar-refractivity contribution is -0.137. The molecule has 0 spiro atoms. The smallest absolute Gasteiger partial charge is 0.380 e. The second kappa shape index (κ2) is 5.23. The predicted molar refractivity (Wildman–Crippen MR) is 70.7 cm³/mol. The number of nitriles is 1. The molecule has 6 heteroatoms. The van der Waals surface area contributed by atoms with E-state index in [-0.39, 0.29) is 17.7 Å². The molecule has 0 aromatic heterocycles. The van der Waals surface area contributed by atoms with Gasteiger partial charge in [0.2, 0.25) is 0 Å². The highest BCUT2D eigenvalue weighted by molar-refractivity contribution is 5.54. The fourth-order valence-electron chi connectivity index (χ4n) is 2.84. The zero-order chi connectivity index (χ0) is 15.0. The molecule has 2 unspecified atom stereocenters. The van der Waals surface area contributed by atoms with Crippen molar-refractivity contribution in [2.45, 2.75) is 37.6 Å². The van der Waals surface area contributed by atoms with Gasteiger partial charge >= 0.3 is 6.18 Å². The number of nitrogens with one attached hydrogen (secondary N) is 1. The van der Waals surface area contributed by atoms with E-state index in [0.717, 1.165) is 25.3 Å². The van der Waals surface area contributed by atoms with E-state index in [9.17, 15) is 13.2 Å². The molecular formula is C15H15F3N2O. The van der Waals surface area contributed by atoms with Gasteiger partial charge in [0.15, 0.2) is 0 Å². The van der Waals surface area contributed by atoms with Gasteiger partial charge in [-0.1, -0.05) is 0 Å². The Hall–Kier alpha value is -1.74. The highest BCUT2D eigenvalue weighted by atomic mass is 19.4. The summed E-state index contributed by atoms with van der Waals surface area (Å²) in [7, 11) is 0. The summed E-state index contributed by atoms with van der Waals surface area (Å²) in [6, 6.07) is 5.35. The summed E-state index contributed by atoms with van der Waals surface area (Å²) in [4.78, 5) is 0. The van der Waals surface area contributed by atoms with Crippen LogP contribution in [0, 0.1) is 17.2 Å². The second-order valence-electron chi connectivity index (χ2n) is 5.58. The van der Waals surface area contributed by atoms with E-state index in [1.54, 1.807) is 6.07 Å². The number of hydrogen-bond donors (Lipinski definition) is 1. The molecule has 21 heavy (non-hydrogen) atoms. The van der Waals surface area contributed by atoms with Crippen LogP contribution < -0.4 is 5.32 Å².